The summed E-state index contributed by atoms with van der Waals surface area (Å²) in [5, 5.41) is 3.33. The van der Waals surface area contributed by atoms with Crippen LogP contribution in [0.25, 0.3) is 22.1 Å². The van der Waals surface area contributed by atoms with Crippen LogP contribution in [0, 0.1) is 0 Å². The molecule has 4 rings (SSSR count). The lowest BCUT2D eigenvalue weighted by Gasteiger charge is -2.17. The van der Waals surface area contributed by atoms with Gasteiger partial charge in [0, 0.05) is 9.86 Å². The highest BCUT2D eigenvalue weighted by atomic mass is 79.9. The second kappa shape index (κ2) is 8.11. The van der Waals surface area contributed by atoms with Gasteiger partial charge in [-0.25, -0.2) is 9.78 Å². The quantitative estimate of drug-likeness (QED) is 0.450. The van der Waals surface area contributed by atoms with E-state index < -0.39 is 23.5 Å². The number of para-hydroxylation sites is 1. The number of rotatable bonds is 5. The second-order valence-electron chi connectivity index (χ2n) is 6.53. The second-order valence-corrected chi connectivity index (χ2v) is 7.44. The van der Waals surface area contributed by atoms with E-state index in [-0.39, 0.29) is 12.1 Å². The third-order valence-corrected chi connectivity index (χ3v) is 5.14. The molecular weight excluding hydrogens is 454 g/mol. The van der Waals surface area contributed by atoms with Crippen molar-refractivity contribution in [3.8, 4) is 0 Å². The Morgan fingerprint density at radius 2 is 1.93 bits per heavy atom. The molecule has 30 heavy (non-hydrogen) atoms. The first-order chi connectivity index (χ1) is 14.5. The minimum Gasteiger partial charge on any atom is -0.467 e. The van der Waals surface area contributed by atoms with Gasteiger partial charge < -0.3 is 14.5 Å². The molecule has 1 amide bonds. The van der Waals surface area contributed by atoms with Crippen molar-refractivity contribution in [2.24, 2.45) is 0 Å². The Morgan fingerprint density at radius 1 is 1.20 bits per heavy atom. The van der Waals surface area contributed by atoms with Crippen molar-refractivity contribution in [1.29, 1.82) is 0 Å². The standard InChI is InChI=1S/C21H16BrN3O5/c1-29-21(28)17(12-6-8-13(22)9-7-12)24-16(26)10-25-11-23-18-14-4-2-3-5-15(14)30-19(18)20(25)27/h2-9,11,17H,10H2,1H3,(H,24,26). The van der Waals surface area contributed by atoms with Gasteiger partial charge >= 0.3 is 5.97 Å². The Hall–Kier alpha value is -3.46. The summed E-state index contributed by atoms with van der Waals surface area (Å²) in [7, 11) is 1.24. The lowest BCUT2D eigenvalue weighted by atomic mass is 10.1. The van der Waals surface area contributed by atoms with Gasteiger partial charge in [0.2, 0.25) is 11.5 Å². The van der Waals surface area contributed by atoms with E-state index in [2.05, 4.69) is 26.2 Å². The zero-order valence-electron chi connectivity index (χ0n) is 15.8. The third-order valence-electron chi connectivity index (χ3n) is 4.61. The molecule has 2 aromatic carbocycles. The van der Waals surface area contributed by atoms with E-state index in [0.717, 1.165) is 14.4 Å². The van der Waals surface area contributed by atoms with Gasteiger partial charge in [0.05, 0.1) is 13.4 Å². The summed E-state index contributed by atoms with van der Waals surface area (Å²) in [4.78, 5) is 41.8. The normalized spacial score (nSPS) is 12.1. The van der Waals surface area contributed by atoms with E-state index in [1.54, 1.807) is 36.4 Å². The van der Waals surface area contributed by atoms with Crippen molar-refractivity contribution >= 4 is 49.9 Å². The predicted molar refractivity (Wildman–Crippen MR) is 113 cm³/mol. The van der Waals surface area contributed by atoms with E-state index in [0.29, 0.717) is 16.7 Å². The highest BCUT2D eigenvalue weighted by Gasteiger charge is 2.24. The summed E-state index contributed by atoms with van der Waals surface area (Å²) < 4.78 is 12.4. The van der Waals surface area contributed by atoms with E-state index in [1.165, 1.54) is 13.4 Å². The van der Waals surface area contributed by atoms with Gasteiger partial charge in [-0.1, -0.05) is 40.2 Å². The third kappa shape index (κ3) is 3.71. The zero-order chi connectivity index (χ0) is 21.3. The van der Waals surface area contributed by atoms with Crippen LogP contribution in [0.2, 0.25) is 0 Å². The molecule has 0 aliphatic heterocycles. The number of benzene rings is 2. The monoisotopic (exact) mass is 469 g/mol. The first-order valence-electron chi connectivity index (χ1n) is 8.97. The number of nitrogens with zero attached hydrogens (tertiary/aromatic N) is 2. The largest absolute Gasteiger partial charge is 0.467 e. The first-order valence-corrected chi connectivity index (χ1v) is 9.76. The van der Waals surface area contributed by atoms with E-state index in [1.807, 2.05) is 12.1 Å². The van der Waals surface area contributed by atoms with Crippen LogP contribution in [-0.4, -0.2) is 28.5 Å². The van der Waals surface area contributed by atoms with E-state index in [9.17, 15) is 14.4 Å². The molecule has 2 aromatic heterocycles. The molecule has 0 aliphatic carbocycles. The van der Waals surface area contributed by atoms with Gasteiger partial charge in [-0.2, -0.15) is 0 Å². The van der Waals surface area contributed by atoms with Gasteiger partial charge in [-0.15, -0.1) is 0 Å². The van der Waals surface area contributed by atoms with Crippen LogP contribution in [0.15, 0.2) is 68.5 Å². The number of amides is 1. The molecule has 0 bridgehead atoms. The molecule has 1 N–H and O–H groups in total. The van der Waals surface area contributed by atoms with E-state index >= 15 is 0 Å². The minimum atomic E-state index is -1.01. The van der Waals surface area contributed by atoms with Crippen LogP contribution in [0.4, 0.5) is 0 Å². The van der Waals surface area contributed by atoms with Crippen LogP contribution in [-0.2, 0) is 20.9 Å². The molecule has 8 nitrogen and oxygen atoms in total. The molecule has 2 heterocycles. The summed E-state index contributed by atoms with van der Waals surface area (Å²) in [6.07, 6.45) is 1.29. The SMILES string of the molecule is COC(=O)C(NC(=O)Cn1cnc2c(oc3ccccc32)c1=O)c1ccc(Br)cc1. The maximum Gasteiger partial charge on any atom is 0.333 e. The fourth-order valence-electron chi connectivity index (χ4n) is 3.14. The fraction of sp³-hybridized carbons (Fsp3) is 0.143. The maximum atomic E-state index is 12.8. The number of hydrogen-bond acceptors (Lipinski definition) is 6. The van der Waals surface area contributed by atoms with Crippen molar-refractivity contribution < 1.29 is 18.7 Å². The molecule has 9 heteroatoms. The Bertz CT molecular complexity index is 1310. The molecule has 0 aliphatic rings. The van der Waals surface area contributed by atoms with E-state index in [4.69, 9.17) is 9.15 Å². The van der Waals surface area contributed by atoms with Crippen molar-refractivity contribution in [1.82, 2.24) is 14.9 Å². The zero-order valence-corrected chi connectivity index (χ0v) is 17.4. The van der Waals surface area contributed by atoms with Crippen LogP contribution < -0.4 is 10.9 Å². The number of halogens is 1. The number of fused-ring (bicyclic) bond motifs is 3. The summed E-state index contributed by atoms with van der Waals surface area (Å²) in [6, 6.07) is 13.1. The summed E-state index contributed by atoms with van der Waals surface area (Å²) >= 11 is 3.33. The Kier molecular flexibility index (Phi) is 5.37. The lowest BCUT2D eigenvalue weighted by Crippen LogP contribution is -2.38. The van der Waals surface area contributed by atoms with Gasteiger partial charge in [0.15, 0.2) is 6.04 Å². The topological polar surface area (TPSA) is 103 Å². The molecule has 152 valence electrons. The Labute approximate surface area is 178 Å². The predicted octanol–water partition coefficient (Wildman–Crippen LogP) is 2.94. The van der Waals surface area contributed by atoms with Crippen molar-refractivity contribution in [3.63, 3.8) is 0 Å². The Balaban J connectivity index is 1.60. The highest BCUT2D eigenvalue weighted by molar-refractivity contribution is 9.10. The molecule has 1 unspecified atom stereocenters. The average molecular weight is 470 g/mol. The molecule has 0 radical (unpaired) electrons. The number of furan rings is 1. The summed E-state index contributed by atoms with van der Waals surface area (Å²) in [5.41, 5.74) is 1.12. The lowest BCUT2D eigenvalue weighted by molar-refractivity contribution is -0.145. The molecule has 0 spiro atoms. The molecular formula is C21H16BrN3O5. The number of aromatic nitrogens is 2. The van der Waals surface area contributed by atoms with Crippen LogP contribution >= 0.6 is 15.9 Å². The molecule has 0 saturated heterocycles. The number of hydrogen-bond donors (Lipinski definition) is 1. The summed E-state index contributed by atoms with van der Waals surface area (Å²) in [5.74, 6) is -1.17. The van der Waals surface area contributed by atoms with Gasteiger partial charge in [-0.3, -0.25) is 14.2 Å². The van der Waals surface area contributed by atoms with Crippen molar-refractivity contribution in [2.75, 3.05) is 7.11 Å². The summed E-state index contributed by atoms with van der Waals surface area (Å²) in [6.45, 7) is -0.331. The average Bonchev–Trinajstić information content (AvgIpc) is 3.14. The Morgan fingerprint density at radius 3 is 2.67 bits per heavy atom. The number of esters is 1. The molecule has 0 fully saturated rings. The van der Waals surface area contributed by atoms with Crippen LogP contribution in [0.5, 0.6) is 0 Å². The van der Waals surface area contributed by atoms with Crippen molar-refractivity contribution in [2.45, 2.75) is 12.6 Å². The van der Waals surface area contributed by atoms with Crippen LogP contribution in [0.3, 0.4) is 0 Å². The smallest absolute Gasteiger partial charge is 0.333 e. The van der Waals surface area contributed by atoms with Crippen molar-refractivity contribution in [3.05, 3.63) is 75.2 Å². The van der Waals surface area contributed by atoms with Gasteiger partial charge in [0.25, 0.3) is 5.56 Å². The fourth-order valence-corrected chi connectivity index (χ4v) is 3.41. The van der Waals surface area contributed by atoms with Gasteiger partial charge in [0.1, 0.15) is 17.6 Å². The van der Waals surface area contributed by atoms with Crippen LogP contribution in [0.1, 0.15) is 11.6 Å². The number of ether oxygens (including phenoxy) is 1. The van der Waals surface area contributed by atoms with Gasteiger partial charge in [-0.05, 0) is 29.8 Å². The number of nitrogens with one attached hydrogen (secondary N) is 1. The highest BCUT2D eigenvalue weighted by Crippen LogP contribution is 2.24. The first kappa shape index (κ1) is 19.8. The number of carbonyl (C=O) groups excluding carboxylic acids is 2. The molecule has 4 aromatic rings. The number of methoxy groups -OCH3 is 1. The molecule has 0 saturated carbocycles. The molecule has 1 atom stereocenters. The maximum absolute atomic E-state index is 12.8. The minimum absolute atomic E-state index is 0.0731. The number of carbonyl (C=O) groups is 2.